The van der Waals surface area contributed by atoms with Gasteiger partial charge in [-0.15, -0.1) is 0 Å². The molecule has 2 aliphatic rings. The van der Waals surface area contributed by atoms with Gasteiger partial charge in [0, 0.05) is 10.7 Å². The molecule has 1 atom stereocenters. The van der Waals surface area contributed by atoms with Crippen molar-refractivity contribution in [1.82, 2.24) is 10.6 Å². The first-order valence-corrected chi connectivity index (χ1v) is 8.17. The van der Waals surface area contributed by atoms with E-state index in [2.05, 4.69) is 10.6 Å². The van der Waals surface area contributed by atoms with E-state index in [9.17, 15) is 9.59 Å². The van der Waals surface area contributed by atoms with Gasteiger partial charge in [0.2, 0.25) is 0 Å². The molecule has 2 amide bonds. The number of amides is 2. The quantitative estimate of drug-likeness (QED) is 0.832. The standard InChI is InChI=1S/C17H19ClN2O3/c1-10-14(16(21)23-11-6-2-3-7-11)15(20-17(22)19-10)12-8-4-5-9-13(12)18/h4-5,8-9,11,15H,2-3,6-7H2,1H3,(H2,19,20,22). The first kappa shape index (κ1) is 15.9. The average molecular weight is 335 g/mol. The van der Waals surface area contributed by atoms with E-state index in [1.807, 2.05) is 12.1 Å². The molecule has 5 nitrogen and oxygen atoms in total. The van der Waals surface area contributed by atoms with E-state index in [0.717, 1.165) is 25.7 Å². The van der Waals surface area contributed by atoms with Gasteiger partial charge in [0.05, 0.1) is 11.6 Å². The topological polar surface area (TPSA) is 67.4 Å². The largest absolute Gasteiger partial charge is 0.459 e. The van der Waals surface area contributed by atoms with Gasteiger partial charge in [-0.1, -0.05) is 29.8 Å². The normalized spacial score (nSPS) is 21.8. The molecule has 0 bridgehead atoms. The molecule has 1 heterocycles. The fraction of sp³-hybridized carbons (Fsp3) is 0.412. The molecular weight excluding hydrogens is 316 g/mol. The number of urea groups is 1. The van der Waals surface area contributed by atoms with E-state index < -0.39 is 12.0 Å². The van der Waals surface area contributed by atoms with Gasteiger partial charge in [0.15, 0.2) is 0 Å². The second kappa shape index (κ2) is 6.62. The lowest BCUT2D eigenvalue weighted by molar-refractivity contribution is -0.144. The van der Waals surface area contributed by atoms with Gasteiger partial charge in [0.1, 0.15) is 6.10 Å². The van der Waals surface area contributed by atoms with Crippen LogP contribution >= 0.6 is 11.6 Å². The molecule has 6 heteroatoms. The molecule has 0 spiro atoms. The fourth-order valence-corrected chi connectivity index (χ4v) is 3.37. The van der Waals surface area contributed by atoms with Crippen molar-refractivity contribution in [1.29, 1.82) is 0 Å². The van der Waals surface area contributed by atoms with Gasteiger partial charge in [0.25, 0.3) is 0 Å². The Morgan fingerprint density at radius 1 is 1.26 bits per heavy atom. The number of allylic oxidation sites excluding steroid dienone is 1. The Hall–Kier alpha value is -2.01. The number of carbonyl (C=O) groups excluding carboxylic acids is 2. The van der Waals surface area contributed by atoms with Crippen molar-refractivity contribution < 1.29 is 14.3 Å². The fourth-order valence-electron chi connectivity index (χ4n) is 3.13. The summed E-state index contributed by atoms with van der Waals surface area (Å²) >= 11 is 6.25. The maximum Gasteiger partial charge on any atom is 0.338 e. The Morgan fingerprint density at radius 3 is 2.65 bits per heavy atom. The number of halogens is 1. The highest BCUT2D eigenvalue weighted by Crippen LogP contribution is 2.33. The van der Waals surface area contributed by atoms with E-state index in [0.29, 0.717) is 21.9 Å². The molecule has 1 fully saturated rings. The Kier molecular flexibility index (Phi) is 4.57. The molecule has 1 aliphatic heterocycles. The molecule has 1 aromatic rings. The van der Waals surface area contributed by atoms with Gasteiger partial charge >= 0.3 is 12.0 Å². The SMILES string of the molecule is CC1=C(C(=O)OC2CCCC2)C(c2ccccc2Cl)NC(=O)N1. The van der Waals surface area contributed by atoms with Crippen LogP contribution in [0, 0.1) is 0 Å². The molecule has 1 unspecified atom stereocenters. The van der Waals surface area contributed by atoms with Crippen molar-refractivity contribution in [2.45, 2.75) is 44.8 Å². The summed E-state index contributed by atoms with van der Waals surface area (Å²) < 4.78 is 5.62. The van der Waals surface area contributed by atoms with Crippen LogP contribution in [0.5, 0.6) is 0 Å². The van der Waals surface area contributed by atoms with Gasteiger partial charge in [-0.3, -0.25) is 0 Å². The maximum atomic E-state index is 12.7. The number of rotatable bonds is 3. The van der Waals surface area contributed by atoms with Gasteiger partial charge in [-0.25, -0.2) is 9.59 Å². The van der Waals surface area contributed by atoms with Crippen molar-refractivity contribution in [2.75, 3.05) is 0 Å². The highest BCUT2D eigenvalue weighted by atomic mass is 35.5. The Bertz CT molecular complexity index is 666. The van der Waals surface area contributed by atoms with Crippen molar-refractivity contribution in [3.63, 3.8) is 0 Å². The van der Waals surface area contributed by atoms with Gasteiger partial charge in [-0.2, -0.15) is 0 Å². The molecule has 0 saturated heterocycles. The minimum absolute atomic E-state index is 0.0349. The number of benzene rings is 1. The lowest BCUT2D eigenvalue weighted by atomic mass is 9.95. The number of esters is 1. The monoisotopic (exact) mass is 334 g/mol. The molecule has 1 aliphatic carbocycles. The van der Waals surface area contributed by atoms with Crippen LogP contribution in [0.4, 0.5) is 4.79 Å². The van der Waals surface area contributed by atoms with Crippen LogP contribution in [-0.2, 0) is 9.53 Å². The molecule has 1 saturated carbocycles. The van der Waals surface area contributed by atoms with E-state index in [1.54, 1.807) is 19.1 Å². The zero-order valence-electron chi connectivity index (χ0n) is 12.9. The first-order valence-electron chi connectivity index (χ1n) is 7.80. The summed E-state index contributed by atoms with van der Waals surface area (Å²) in [6.07, 6.45) is 3.92. The molecule has 3 rings (SSSR count). The number of carbonyl (C=O) groups is 2. The predicted molar refractivity (Wildman–Crippen MR) is 86.9 cm³/mol. The van der Waals surface area contributed by atoms with Crippen molar-refractivity contribution in [2.24, 2.45) is 0 Å². The second-order valence-electron chi connectivity index (χ2n) is 5.90. The molecule has 1 aromatic carbocycles. The third kappa shape index (κ3) is 3.34. The van der Waals surface area contributed by atoms with E-state index in [1.165, 1.54) is 0 Å². The Labute approximate surface area is 140 Å². The van der Waals surface area contributed by atoms with Crippen LogP contribution < -0.4 is 10.6 Å². The lowest BCUT2D eigenvalue weighted by Gasteiger charge is -2.29. The van der Waals surface area contributed by atoms with Crippen molar-refractivity contribution in [3.8, 4) is 0 Å². The predicted octanol–water partition coefficient (Wildman–Crippen LogP) is 3.45. The van der Waals surface area contributed by atoms with E-state index in [-0.39, 0.29) is 12.1 Å². The summed E-state index contributed by atoms with van der Waals surface area (Å²) in [6.45, 7) is 1.70. The minimum atomic E-state index is -0.605. The summed E-state index contributed by atoms with van der Waals surface area (Å²) in [6, 6.07) is 6.21. The lowest BCUT2D eigenvalue weighted by Crippen LogP contribution is -2.45. The summed E-state index contributed by atoms with van der Waals surface area (Å²) in [4.78, 5) is 24.5. The van der Waals surface area contributed by atoms with Crippen LogP contribution in [0.25, 0.3) is 0 Å². The van der Waals surface area contributed by atoms with Crippen LogP contribution in [0.15, 0.2) is 35.5 Å². The highest BCUT2D eigenvalue weighted by Gasteiger charge is 2.34. The van der Waals surface area contributed by atoms with Crippen molar-refractivity contribution >= 4 is 23.6 Å². The first-order chi connectivity index (χ1) is 11.1. The Balaban J connectivity index is 1.92. The zero-order chi connectivity index (χ0) is 16.4. The summed E-state index contributed by atoms with van der Waals surface area (Å²) in [5.74, 6) is -0.396. The van der Waals surface area contributed by atoms with E-state index >= 15 is 0 Å². The molecule has 0 aromatic heterocycles. The average Bonchev–Trinajstić information content (AvgIpc) is 2.99. The number of nitrogens with one attached hydrogen (secondary N) is 2. The molecule has 23 heavy (non-hydrogen) atoms. The molecular formula is C17H19ClN2O3. The maximum absolute atomic E-state index is 12.7. The van der Waals surface area contributed by atoms with Gasteiger partial charge < -0.3 is 15.4 Å². The van der Waals surface area contributed by atoms with Gasteiger partial charge in [-0.05, 0) is 44.2 Å². The number of ether oxygens (including phenoxy) is 1. The van der Waals surface area contributed by atoms with Crippen molar-refractivity contribution in [3.05, 3.63) is 46.1 Å². The minimum Gasteiger partial charge on any atom is -0.459 e. The highest BCUT2D eigenvalue weighted by molar-refractivity contribution is 6.31. The molecule has 2 N–H and O–H groups in total. The van der Waals surface area contributed by atoms with Crippen LogP contribution in [0.2, 0.25) is 5.02 Å². The van der Waals surface area contributed by atoms with Crippen LogP contribution in [-0.4, -0.2) is 18.1 Å². The Morgan fingerprint density at radius 2 is 1.96 bits per heavy atom. The van der Waals surface area contributed by atoms with Crippen LogP contribution in [0.3, 0.4) is 0 Å². The third-order valence-electron chi connectivity index (χ3n) is 4.28. The number of hydrogen-bond donors (Lipinski definition) is 2. The second-order valence-corrected chi connectivity index (χ2v) is 6.31. The summed E-state index contributed by atoms with van der Waals surface area (Å²) in [5.41, 5.74) is 1.59. The number of hydrogen-bond acceptors (Lipinski definition) is 3. The summed E-state index contributed by atoms with van der Waals surface area (Å²) in [7, 11) is 0. The summed E-state index contributed by atoms with van der Waals surface area (Å²) in [5, 5.41) is 5.91. The van der Waals surface area contributed by atoms with E-state index in [4.69, 9.17) is 16.3 Å². The molecule has 0 radical (unpaired) electrons. The smallest absolute Gasteiger partial charge is 0.338 e. The third-order valence-corrected chi connectivity index (χ3v) is 4.63. The zero-order valence-corrected chi connectivity index (χ0v) is 13.7. The van der Waals surface area contributed by atoms with Crippen LogP contribution in [0.1, 0.15) is 44.2 Å². The molecule has 122 valence electrons.